The van der Waals surface area contributed by atoms with Crippen molar-refractivity contribution in [2.75, 3.05) is 13.1 Å². The minimum absolute atomic E-state index is 0.0680. The number of piperidine rings is 1. The Morgan fingerprint density at radius 2 is 2.10 bits per heavy atom. The molecule has 2 aliphatic heterocycles. The number of hydrogen-bond donors (Lipinski definition) is 1. The van der Waals surface area contributed by atoms with Crippen molar-refractivity contribution in [3.05, 3.63) is 46.0 Å². The molecular weight excluding hydrogens is 370 g/mol. The lowest BCUT2D eigenvalue weighted by atomic mass is 9.97. The van der Waals surface area contributed by atoms with Gasteiger partial charge in [-0.05, 0) is 25.3 Å². The zero-order chi connectivity index (χ0) is 20.7. The number of nitrogens with zero attached hydrogens (tertiary/aromatic N) is 4. The van der Waals surface area contributed by atoms with Crippen molar-refractivity contribution in [2.24, 2.45) is 5.92 Å². The molecule has 8 heteroatoms. The van der Waals surface area contributed by atoms with E-state index in [9.17, 15) is 14.4 Å². The maximum atomic E-state index is 13.1. The van der Waals surface area contributed by atoms with Crippen molar-refractivity contribution >= 4 is 17.5 Å². The summed E-state index contributed by atoms with van der Waals surface area (Å²) >= 11 is 0. The molecule has 2 aromatic heterocycles. The van der Waals surface area contributed by atoms with E-state index in [1.165, 1.54) is 10.6 Å². The van der Waals surface area contributed by atoms with Crippen LogP contribution in [0.2, 0.25) is 0 Å². The number of amides is 2. The van der Waals surface area contributed by atoms with Crippen LogP contribution in [0.5, 0.6) is 0 Å². The van der Waals surface area contributed by atoms with Gasteiger partial charge in [0.2, 0.25) is 11.8 Å². The molecule has 154 valence electrons. The molecule has 4 heterocycles. The van der Waals surface area contributed by atoms with Crippen LogP contribution in [-0.4, -0.2) is 49.3 Å². The Morgan fingerprint density at radius 3 is 2.83 bits per heavy atom. The molecule has 29 heavy (non-hydrogen) atoms. The van der Waals surface area contributed by atoms with E-state index in [0.29, 0.717) is 24.2 Å². The van der Waals surface area contributed by atoms with Crippen LogP contribution in [0.4, 0.5) is 0 Å². The number of carbonyl (C=O) groups excluding carboxylic acids is 2. The van der Waals surface area contributed by atoms with E-state index in [2.05, 4.69) is 16.7 Å². The molecule has 0 radical (unpaired) electrons. The van der Waals surface area contributed by atoms with E-state index in [0.717, 1.165) is 37.2 Å². The Balaban J connectivity index is 1.72. The maximum Gasteiger partial charge on any atom is 0.277 e. The van der Waals surface area contributed by atoms with Crippen LogP contribution in [0.15, 0.2) is 23.5 Å². The van der Waals surface area contributed by atoms with Crippen LogP contribution in [0.25, 0.3) is 5.65 Å². The molecule has 2 aromatic rings. The highest BCUT2D eigenvalue weighted by molar-refractivity contribution is 5.87. The van der Waals surface area contributed by atoms with Gasteiger partial charge in [0.1, 0.15) is 0 Å². The van der Waals surface area contributed by atoms with Crippen molar-refractivity contribution in [2.45, 2.75) is 52.1 Å². The number of hydrogen-bond acceptors (Lipinski definition) is 4. The molecule has 0 spiro atoms. The van der Waals surface area contributed by atoms with Gasteiger partial charge in [-0.25, -0.2) is 9.50 Å². The fourth-order valence-corrected chi connectivity index (χ4v) is 4.34. The summed E-state index contributed by atoms with van der Waals surface area (Å²) in [6.07, 6.45) is 4.71. The molecule has 1 fully saturated rings. The van der Waals surface area contributed by atoms with Crippen molar-refractivity contribution in [1.82, 2.24) is 24.4 Å². The average Bonchev–Trinajstić information content (AvgIpc) is 3.16. The molecule has 1 N–H and O–H groups in total. The second-order valence-corrected chi connectivity index (χ2v) is 8.16. The van der Waals surface area contributed by atoms with Crippen LogP contribution >= 0.6 is 0 Å². The quantitative estimate of drug-likeness (QED) is 0.800. The topological polar surface area (TPSA) is 90.8 Å². The Morgan fingerprint density at radius 1 is 1.31 bits per heavy atom. The van der Waals surface area contributed by atoms with Gasteiger partial charge in [-0.1, -0.05) is 20.4 Å². The number of H-pyrrole nitrogens is 1. The Kier molecular flexibility index (Phi) is 5.02. The molecule has 0 aliphatic carbocycles. The third-order valence-electron chi connectivity index (χ3n) is 5.91. The van der Waals surface area contributed by atoms with Crippen LogP contribution in [0.3, 0.4) is 0 Å². The fourth-order valence-electron chi connectivity index (χ4n) is 4.34. The molecule has 1 atom stereocenters. The van der Waals surface area contributed by atoms with Gasteiger partial charge in [-0.2, -0.15) is 0 Å². The van der Waals surface area contributed by atoms with Crippen LogP contribution < -0.4 is 5.56 Å². The molecule has 0 saturated carbocycles. The van der Waals surface area contributed by atoms with Gasteiger partial charge in [0.15, 0.2) is 5.65 Å². The van der Waals surface area contributed by atoms with Crippen molar-refractivity contribution in [3.63, 3.8) is 0 Å². The van der Waals surface area contributed by atoms with Gasteiger partial charge in [0.25, 0.3) is 5.56 Å². The molecule has 4 rings (SSSR count). The first kappa shape index (κ1) is 19.4. The predicted molar refractivity (Wildman–Crippen MR) is 108 cm³/mol. The summed E-state index contributed by atoms with van der Waals surface area (Å²) in [6.45, 7) is 8.85. The zero-order valence-electron chi connectivity index (χ0n) is 17.0. The lowest BCUT2D eigenvalue weighted by Gasteiger charge is -2.36. The molecule has 8 nitrogen and oxygen atoms in total. The first-order valence-corrected chi connectivity index (χ1v) is 10.3. The Bertz CT molecular complexity index is 1030. The number of fused-ring (bicyclic) bond motifs is 2. The first-order chi connectivity index (χ1) is 13.9. The lowest BCUT2D eigenvalue weighted by molar-refractivity contribution is -0.138. The molecule has 1 saturated heterocycles. The number of rotatable bonds is 3. The summed E-state index contributed by atoms with van der Waals surface area (Å²) in [6, 6.07) is 1.81. The van der Waals surface area contributed by atoms with Crippen LogP contribution in [0.1, 0.15) is 56.1 Å². The van der Waals surface area contributed by atoms with Gasteiger partial charge < -0.3 is 9.80 Å². The van der Waals surface area contributed by atoms with Crippen LogP contribution in [0, 0.1) is 5.92 Å². The number of aromatic amines is 1. The van der Waals surface area contributed by atoms with E-state index < -0.39 is 0 Å². The van der Waals surface area contributed by atoms with E-state index in [-0.39, 0.29) is 35.9 Å². The Hall–Kier alpha value is -2.90. The van der Waals surface area contributed by atoms with E-state index in [1.54, 1.807) is 4.90 Å². The second kappa shape index (κ2) is 7.50. The lowest BCUT2D eigenvalue weighted by Crippen LogP contribution is -2.41. The summed E-state index contributed by atoms with van der Waals surface area (Å²) in [7, 11) is 0. The molecule has 0 aromatic carbocycles. The van der Waals surface area contributed by atoms with Crippen molar-refractivity contribution in [1.29, 1.82) is 0 Å². The minimum Gasteiger partial charge on any atom is -0.334 e. The molecule has 2 aliphatic rings. The predicted octanol–water partition coefficient (Wildman–Crippen LogP) is 1.80. The molecule has 1 unspecified atom stereocenters. The number of aromatic nitrogens is 3. The summed E-state index contributed by atoms with van der Waals surface area (Å²) in [5.41, 5.74) is 2.50. The third kappa shape index (κ3) is 3.36. The second-order valence-electron chi connectivity index (χ2n) is 8.16. The standard InChI is InChI=1S/C21H27N5O3/c1-4-19(27)24-10-8-15-14(12-24)21(29)26-18(22-15)11-16(23-26)17-7-5-6-9-25(17)20(28)13(2)3/h4,11,13,17,23H,1,5-10,12H2,2-3H3. The first-order valence-electron chi connectivity index (χ1n) is 10.3. The third-order valence-corrected chi connectivity index (χ3v) is 5.91. The van der Waals surface area contributed by atoms with E-state index in [4.69, 9.17) is 0 Å². The Labute approximate surface area is 169 Å². The highest BCUT2D eigenvalue weighted by Gasteiger charge is 2.31. The van der Waals surface area contributed by atoms with Crippen molar-refractivity contribution in [3.8, 4) is 0 Å². The van der Waals surface area contributed by atoms with Crippen LogP contribution in [-0.2, 0) is 22.6 Å². The van der Waals surface area contributed by atoms with E-state index >= 15 is 0 Å². The summed E-state index contributed by atoms with van der Waals surface area (Å²) in [5.74, 6) is -0.120. The highest BCUT2D eigenvalue weighted by Crippen LogP contribution is 2.31. The summed E-state index contributed by atoms with van der Waals surface area (Å²) in [4.78, 5) is 45.9. The highest BCUT2D eigenvalue weighted by atomic mass is 16.2. The monoisotopic (exact) mass is 397 g/mol. The summed E-state index contributed by atoms with van der Waals surface area (Å²) < 4.78 is 1.45. The van der Waals surface area contributed by atoms with Gasteiger partial charge in [-0.3, -0.25) is 19.5 Å². The minimum atomic E-state index is -0.185. The summed E-state index contributed by atoms with van der Waals surface area (Å²) in [5, 5.41) is 3.19. The normalized spacial score (nSPS) is 19.5. The largest absolute Gasteiger partial charge is 0.334 e. The van der Waals surface area contributed by atoms with Gasteiger partial charge in [0, 0.05) is 31.5 Å². The fraction of sp³-hybridized carbons (Fsp3) is 0.524. The average molecular weight is 397 g/mol. The smallest absolute Gasteiger partial charge is 0.277 e. The zero-order valence-corrected chi connectivity index (χ0v) is 17.0. The van der Waals surface area contributed by atoms with Gasteiger partial charge in [0.05, 0.1) is 29.5 Å². The number of carbonyl (C=O) groups is 2. The molecule has 0 bridgehead atoms. The molecular formula is C21H27N5O3. The SMILES string of the molecule is C=CC(=O)N1CCc2nc3cc(C4CCCCN4C(=O)C(C)C)[nH]n3c(=O)c2C1. The number of likely N-dealkylation sites (tertiary alicyclic amines) is 1. The van der Waals surface area contributed by atoms with Crippen molar-refractivity contribution < 1.29 is 9.59 Å². The maximum absolute atomic E-state index is 13.1. The van der Waals surface area contributed by atoms with Gasteiger partial charge >= 0.3 is 0 Å². The van der Waals surface area contributed by atoms with Gasteiger partial charge in [-0.15, -0.1) is 0 Å². The van der Waals surface area contributed by atoms with E-state index in [1.807, 2.05) is 24.8 Å². The molecule has 2 amide bonds. The number of nitrogens with one attached hydrogen (secondary N) is 1.